The van der Waals surface area contributed by atoms with Crippen molar-refractivity contribution in [2.75, 3.05) is 26.2 Å². The van der Waals surface area contributed by atoms with E-state index < -0.39 is 0 Å². The standard InChI is InChI=1S/C13H25NO/c15-11-5-4-9-14-10-8-13(12-14)6-2-1-3-7-13/h15H,1-12H2. The fourth-order valence-electron chi connectivity index (χ4n) is 3.38. The van der Waals surface area contributed by atoms with Crippen molar-refractivity contribution in [1.29, 1.82) is 0 Å². The van der Waals surface area contributed by atoms with Gasteiger partial charge in [0.25, 0.3) is 0 Å². The van der Waals surface area contributed by atoms with Crippen LogP contribution in [-0.2, 0) is 0 Å². The van der Waals surface area contributed by atoms with E-state index in [-0.39, 0.29) is 0 Å². The van der Waals surface area contributed by atoms with Gasteiger partial charge in [-0.3, -0.25) is 0 Å². The summed E-state index contributed by atoms with van der Waals surface area (Å²) in [5, 5.41) is 8.76. The lowest BCUT2D eigenvalue weighted by molar-refractivity contribution is 0.183. The summed E-state index contributed by atoms with van der Waals surface area (Å²) in [5.74, 6) is 0. The molecule has 15 heavy (non-hydrogen) atoms. The Morgan fingerprint density at radius 1 is 1.00 bits per heavy atom. The van der Waals surface area contributed by atoms with E-state index in [1.807, 2.05) is 0 Å². The first-order valence-electron chi connectivity index (χ1n) is 6.68. The Morgan fingerprint density at radius 3 is 2.53 bits per heavy atom. The summed E-state index contributed by atoms with van der Waals surface area (Å²) in [5.41, 5.74) is 0.706. The van der Waals surface area contributed by atoms with Crippen LogP contribution in [0.5, 0.6) is 0 Å². The second-order valence-corrected chi connectivity index (χ2v) is 5.52. The highest BCUT2D eigenvalue weighted by molar-refractivity contribution is 4.91. The summed E-state index contributed by atoms with van der Waals surface area (Å²) in [6, 6.07) is 0. The minimum atomic E-state index is 0.360. The number of rotatable bonds is 4. The smallest absolute Gasteiger partial charge is 0.0431 e. The van der Waals surface area contributed by atoms with Crippen molar-refractivity contribution >= 4 is 0 Å². The number of aliphatic hydroxyl groups is 1. The normalized spacial score (nSPS) is 26.2. The fraction of sp³-hybridized carbons (Fsp3) is 1.00. The Hall–Kier alpha value is -0.0800. The van der Waals surface area contributed by atoms with Crippen LogP contribution in [-0.4, -0.2) is 36.2 Å². The van der Waals surface area contributed by atoms with Crippen molar-refractivity contribution in [3.8, 4) is 0 Å². The van der Waals surface area contributed by atoms with Gasteiger partial charge in [0, 0.05) is 13.2 Å². The van der Waals surface area contributed by atoms with Crippen LogP contribution in [0.15, 0.2) is 0 Å². The van der Waals surface area contributed by atoms with Crippen LogP contribution in [0.4, 0.5) is 0 Å². The number of hydrogen-bond acceptors (Lipinski definition) is 2. The molecule has 0 amide bonds. The second kappa shape index (κ2) is 5.31. The van der Waals surface area contributed by atoms with Crippen LogP contribution in [0.1, 0.15) is 51.4 Å². The highest BCUT2D eigenvalue weighted by atomic mass is 16.2. The van der Waals surface area contributed by atoms with Crippen molar-refractivity contribution in [1.82, 2.24) is 4.90 Å². The lowest BCUT2D eigenvalue weighted by atomic mass is 9.73. The van der Waals surface area contributed by atoms with Gasteiger partial charge in [0.05, 0.1) is 0 Å². The Labute approximate surface area is 93.7 Å². The van der Waals surface area contributed by atoms with Crippen molar-refractivity contribution in [3.05, 3.63) is 0 Å². The highest BCUT2D eigenvalue weighted by Crippen LogP contribution is 2.43. The topological polar surface area (TPSA) is 23.5 Å². The van der Waals surface area contributed by atoms with Gasteiger partial charge in [0.15, 0.2) is 0 Å². The molecule has 0 unspecified atom stereocenters. The molecule has 1 aliphatic carbocycles. The zero-order valence-electron chi connectivity index (χ0n) is 9.88. The average Bonchev–Trinajstić information content (AvgIpc) is 2.63. The van der Waals surface area contributed by atoms with Crippen LogP contribution in [0.2, 0.25) is 0 Å². The summed E-state index contributed by atoms with van der Waals surface area (Å²) in [6.45, 7) is 4.23. The molecule has 0 aromatic rings. The van der Waals surface area contributed by atoms with Crippen LogP contribution >= 0.6 is 0 Å². The second-order valence-electron chi connectivity index (χ2n) is 5.52. The van der Waals surface area contributed by atoms with E-state index in [2.05, 4.69) is 4.90 Å². The predicted molar refractivity (Wildman–Crippen MR) is 62.9 cm³/mol. The van der Waals surface area contributed by atoms with Gasteiger partial charge in [-0.05, 0) is 50.6 Å². The number of aliphatic hydroxyl groups excluding tert-OH is 1. The molecule has 1 N–H and O–H groups in total. The molecule has 1 aliphatic heterocycles. The molecule has 0 aromatic carbocycles. The molecule has 1 saturated carbocycles. The maximum absolute atomic E-state index is 8.76. The zero-order valence-corrected chi connectivity index (χ0v) is 9.88. The molecule has 2 heteroatoms. The van der Waals surface area contributed by atoms with Crippen LogP contribution in [0.25, 0.3) is 0 Å². The quantitative estimate of drug-likeness (QED) is 0.722. The van der Waals surface area contributed by atoms with Crippen molar-refractivity contribution in [3.63, 3.8) is 0 Å². The molecule has 0 bridgehead atoms. The van der Waals surface area contributed by atoms with Crippen LogP contribution < -0.4 is 0 Å². The van der Waals surface area contributed by atoms with Gasteiger partial charge in [-0.1, -0.05) is 19.3 Å². The Balaban J connectivity index is 1.73. The summed E-state index contributed by atoms with van der Waals surface area (Å²) in [4.78, 5) is 2.63. The minimum Gasteiger partial charge on any atom is -0.396 e. The molecular formula is C13H25NO. The number of nitrogens with zero attached hydrogens (tertiary/aromatic N) is 1. The van der Waals surface area contributed by atoms with Crippen LogP contribution in [0.3, 0.4) is 0 Å². The van der Waals surface area contributed by atoms with E-state index in [4.69, 9.17) is 5.11 Å². The number of likely N-dealkylation sites (tertiary alicyclic amines) is 1. The van der Waals surface area contributed by atoms with E-state index in [1.165, 1.54) is 64.6 Å². The average molecular weight is 211 g/mol. The zero-order chi connectivity index (χ0) is 10.6. The molecule has 1 spiro atoms. The molecule has 2 nitrogen and oxygen atoms in total. The highest BCUT2D eigenvalue weighted by Gasteiger charge is 2.38. The predicted octanol–water partition coefficient (Wildman–Crippen LogP) is 2.42. The summed E-state index contributed by atoms with van der Waals surface area (Å²) >= 11 is 0. The molecule has 0 radical (unpaired) electrons. The summed E-state index contributed by atoms with van der Waals surface area (Å²) in [6.07, 6.45) is 10.9. The van der Waals surface area contributed by atoms with Gasteiger partial charge < -0.3 is 10.0 Å². The molecular weight excluding hydrogens is 186 g/mol. The maximum atomic E-state index is 8.76. The van der Waals surface area contributed by atoms with E-state index in [1.54, 1.807) is 0 Å². The van der Waals surface area contributed by atoms with E-state index in [0.717, 1.165) is 6.42 Å². The Morgan fingerprint density at radius 2 is 1.80 bits per heavy atom. The molecule has 2 aliphatic rings. The lowest BCUT2D eigenvalue weighted by Crippen LogP contribution is -2.29. The SMILES string of the molecule is OCCCCN1CCC2(CCCCC2)C1. The van der Waals surface area contributed by atoms with Gasteiger partial charge in [0.2, 0.25) is 0 Å². The third kappa shape index (κ3) is 2.94. The van der Waals surface area contributed by atoms with Gasteiger partial charge in [-0.2, -0.15) is 0 Å². The van der Waals surface area contributed by atoms with Crippen molar-refractivity contribution in [2.24, 2.45) is 5.41 Å². The number of unbranched alkanes of at least 4 members (excludes halogenated alkanes) is 1. The van der Waals surface area contributed by atoms with E-state index >= 15 is 0 Å². The first-order valence-corrected chi connectivity index (χ1v) is 6.68. The Bertz CT molecular complexity index is 185. The molecule has 88 valence electrons. The largest absolute Gasteiger partial charge is 0.396 e. The monoisotopic (exact) mass is 211 g/mol. The first-order chi connectivity index (χ1) is 7.35. The molecule has 2 rings (SSSR count). The lowest BCUT2D eigenvalue weighted by Gasteiger charge is -2.33. The van der Waals surface area contributed by atoms with Crippen molar-refractivity contribution < 1.29 is 5.11 Å². The van der Waals surface area contributed by atoms with Crippen molar-refractivity contribution in [2.45, 2.75) is 51.4 Å². The van der Waals surface area contributed by atoms with Gasteiger partial charge >= 0.3 is 0 Å². The minimum absolute atomic E-state index is 0.360. The molecule has 0 aromatic heterocycles. The van der Waals surface area contributed by atoms with Gasteiger partial charge in [-0.15, -0.1) is 0 Å². The van der Waals surface area contributed by atoms with E-state index in [0.29, 0.717) is 12.0 Å². The van der Waals surface area contributed by atoms with Gasteiger partial charge in [-0.25, -0.2) is 0 Å². The third-order valence-corrected chi connectivity index (χ3v) is 4.31. The third-order valence-electron chi connectivity index (χ3n) is 4.31. The fourth-order valence-corrected chi connectivity index (χ4v) is 3.38. The maximum Gasteiger partial charge on any atom is 0.0431 e. The van der Waals surface area contributed by atoms with Crippen LogP contribution in [0, 0.1) is 5.41 Å². The van der Waals surface area contributed by atoms with Gasteiger partial charge in [0.1, 0.15) is 0 Å². The number of hydrogen-bond donors (Lipinski definition) is 1. The molecule has 2 fully saturated rings. The molecule has 0 atom stereocenters. The van der Waals surface area contributed by atoms with E-state index in [9.17, 15) is 0 Å². The summed E-state index contributed by atoms with van der Waals surface area (Å²) in [7, 11) is 0. The summed E-state index contributed by atoms with van der Waals surface area (Å²) < 4.78 is 0. The molecule has 1 saturated heterocycles. The Kier molecular flexibility index (Phi) is 4.04. The molecule has 1 heterocycles. The first kappa shape index (κ1) is 11.4.